The van der Waals surface area contributed by atoms with E-state index in [-0.39, 0.29) is 17.3 Å². The molecule has 2 aromatic carbocycles. The van der Waals surface area contributed by atoms with Crippen molar-refractivity contribution in [2.45, 2.75) is 38.0 Å². The van der Waals surface area contributed by atoms with Crippen LogP contribution in [-0.4, -0.2) is 34.8 Å². The number of hydrogen-bond donors (Lipinski definition) is 0. The number of benzene rings is 2. The van der Waals surface area contributed by atoms with Gasteiger partial charge in [-0.1, -0.05) is 51.1 Å². The number of ether oxygens (including phenoxy) is 2. The van der Waals surface area contributed by atoms with Crippen LogP contribution in [0.5, 0.6) is 5.75 Å². The maximum Gasteiger partial charge on any atom is 0.239 e. The molecular weight excluding hydrogens is 362 g/mol. The first kappa shape index (κ1) is 19.7. The molecule has 0 amide bonds. The molecule has 1 heterocycles. The molecule has 2 aromatic rings. The summed E-state index contributed by atoms with van der Waals surface area (Å²) in [5.74, 6) is 0.645. The minimum atomic E-state index is -3.50. The molecule has 0 aromatic heterocycles. The molecule has 0 spiro atoms. The van der Waals surface area contributed by atoms with Crippen molar-refractivity contribution in [3.8, 4) is 5.75 Å². The monoisotopic (exact) mass is 389 g/mol. The van der Waals surface area contributed by atoms with E-state index in [0.717, 1.165) is 17.9 Å². The standard InChI is InChI=1S/C21H27NO4S/c1-21(2,3)19-11-10-16(12-20(19)26-14-18-13-25-18)15-27(23,24)22(4)17-8-6-5-7-9-17/h5-12,18H,13-15H2,1-4H3. The van der Waals surface area contributed by atoms with Gasteiger partial charge in [0.05, 0.1) is 18.0 Å². The number of hydrogen-bond acceptors (Lipinski definition) is 4. The van der Waals surface area contributed by atoms with E-state index < -0.39 is 10.0 Å². The Labute approximate surface area is 162 Å². The Morgan fingerprint density at radius 1 is 1.15 bits per heavy atom. The Hall–Kier alpha value is -2.05. The Kier molecular flexibility index (Phi) is 5.49. The topological polar surface area (TPSA) is 59.1 Å². The number of sulfonamides is 1. The molecule has 146 valence electrons. The molecule has 3 rings (SSSR count). The summed E-state index contributed by atoms with van der Waals surface area (Å²) in [6.07, 6.45) is 0.148. The van der Waals surface area contributed by atoms with Gasteiger partial charge in [0, 0.05) is 7.05 Å². The van der Waals surface area contributed by atoms with Gasteiger partial charge in [0.1, 0.15) is 18.5 Å². The van der Waals surface area contributed by atoms with Crippen molar-refractivity contribution in [1.29, 1.82) is 0 Å². The zero-order valence-electron chi connectivity index (χ0n) is 16.3. The van der Waals surface area contributed by atoms with E-state index in [0.29, 0.717) is 17.9 Å². The van der Waals surface area contributed by atoms with Crippen LogP contribution >= 0.6 is 0 Å². The first-order valence-corrected chi connectivity index (χ1v) is 10.7. The zero-order valence-corrected chi connectivity index (χ0v) is 17.1. The van der Waals surface area contributed by atoms with Gasteiger partial charge in [-0.15, -0.1) is 0 Å². The summed E-state index contributed by atoms with van der Waals surface area (Å²) in [7, 11) is -1.92. The van der Waals surface area contributed by atoms with Gasteiger partial charge in [-0.3, -0.25) is 4.31 Å². The van der Waals surface area contributed by atoms with Gasteiger partial charge in [0.2, 0.25) is 10.0 Å². The Bertz CT molecular complexity index is 884. The third-order valence-corrected chi connectivity index (χ3v) is 6.31. The van der Waals surface area contributed by atoms with Crippen LogP contribution in [0.3, 0.4) is 0 Å². The zero-order chi connectivity index (χ0) is 19.7. The second kappa shape index (κ2) is 7.52. The van der Waals surface area contributed by atoms with Gasteiger partial charge in [0.15, 0.2) is 0 Å². The minimum absolute atomic E-state index is 0.0842. The van der Waals surface area contributed by atoms with Crippen molar-refractivity contribution in [3.63, 3.8) is 0 Å². The second-order valence-corrected chi connectivity index (χ2v) is 9.91. The fourth-order valence-electron chi connectivity index (χ4n) is 2.85. The van der Waals surface area contributed by atoms with Gasteiger partial charge < -0.3 is 9.47 Å². The Morgan fingerprint density at radius 3 is 2.41 bits per heavy atom. The summed E-state index contributed by atoms with van der Waals surface area (Å²) < 4.78 is 38.2. The minimum Gasteiger partial charge on any atom is -0.490 e. The lowest BCUT2D eigenvalue weighted by atomic mass is 9.86. The highest BCUT2D eigenvalue weighted by atomic mass is 32.2. The summed E-state index contributed by atoms with van der Waals surface area (Å²) in [6, 6.07) is 14.8. The van der Waals surface area contributed by atoms with Crippen LogP contribution < -0.4 is 9.04 Å². The highest BCUT2D eigenvalue weighted by Crippen LogP contribution is 2.33. The second-order valence-electron chi connectivity index (χ2n) is 7.91. The molecule has 0 saturated carbocycles. The van der Waals surface area contributed by atoms with E-state index in [1.165, 1.54) is 4.31 Å². The maximum absolute atomic E-state index is 12.8. The molecule has 6 heteroatoms. The van der Waals surface area contributed by atoms with Gasteiger partial charge in [-0.25, -0.2) is 8.42 Å². The Balaban J connectivity index is 1.84. The first-order chi connectivity index (χ1) is 12.7. The smallest absolute Gasteiger partial charge is 0.239 e. The van der Waals surface area contributed by atoms with Crippen molar-refractivity contribution < 1.29 is 17.9 Å². The number of epoxide rings is 1. The van der Waals surface area contributed by atoms with Gasteiger partial charge in [-0.05, 0) is 34.7 Å². The van der Waals surface area contributed by atoms with Crippen LogP contribution in [0, 0.1) is 0 Å². The van der Waals surface area contributed by atoms with Crippen LogP contribution in [0.2, 0.25) is 0 Å². The third kappa shape index (κ3) is 5.02. The summed E-state index contributed by atoms with van der Waals surface area (Å²) in [5.41, 5.74) is 2.31. The van der Waals surface area contributed by atoms with Crippen molar-refractivity contribution in [2.24, 2.45) is 0 Å². The average Bonchev–Trinajstić information content (AvgIpc) is 3.43. The largest absolute Gasteiger partial charge is 0.490 e. The quantitative estimate of drug-likeness (QED) is 0.677. The van der Waals surface area contributed by atoms with E-state index in [1.807, 2.05) is 36.4 Å². The van der Waals surface area contributed by atoms with Crippen molar-refractivity contribution in [2.75, 3.05) is 24.6 Å². The molecule has 1 atom stereocenters. The van der Waals surface area contributed by atoms with Gasteiger partial charge >= 0.3 is 0 Å². The molecule has 1 aliphatic rings. The molecule has 1 saturated heterocycles. The number of nitrogens with zero attached hydrogens (tertiary/aromatic N) is 1. The fourth-order valence-corrected chi connectivity index (χ4v) is 4.09. The molecule has 0 aliphatic carbocycles. The van der Waals surface area contributed by atoms with Crippen molar-refractivity contribution in [3.05, 3.63) is 59.7 Å². The number of anilines is 1. The predicted octanol–water partition coefficient (Wildman–Crippen LogP) is 3.73. The molecule has 1 fully saturated rings. The third-order valence-electron chi connectivity index (χ3n) is 4.57. The van der Waals surface area contributed by atoms with E-state index in [1.54, 1.807) is 19.2 Å². The fraction of sp³-hybridized carbons (Fsp3) is 0.429. The predicted molar refractivity (Wildman–Crippen MR) is 108 cm³/mol. The molecular formula is C21H27NO4S. The molecule has 27 heavy (non-hydrogen) atoms. The maximum atomic E-state index is 12.8. The lowest BCUT2D eigenvalue weighted by Gasteiger charge is -2.24. The lowest BCUT2D eigenvalue weighted by Crippen LogP contribution is -2.27. The normalized spacial score (nSPS) is 16.8. The van der Waals surface area contributed by atoms with Gasteiger partial charge in [-0.2, -0.15) is 0 Å². The molecule has 0 radical (unpaired) electrons. The van der Waals surface area contributed by atoms with Crippen LogP contribution in [0.25, 0.3) is 0 Å². The summed E-state index contributed by atoms with van der Waals surface area (Å²) >= 11 is 0. The van der Waals surface area contributed by atoms with Crippen LogP contribution in [0.1, 0.15) is 31.9 Å². The highest BCUT2D eigenvalue weighted by Gasteiger charge is 2.26. The van der Waals surface area contributed by atoms with Crippen LogP contribution in [0.4, 0.5) is 5.69 Å². The van der Waals surface area contributed by atoms with Crippen molar-refractivity contribution in [1.82, 2.24) is 0 Å². The van der Waals surface area contributed by atoms with Crippen LogP contribution in [0.15, 0.2) is 48.5 Å². The van der Waals surface area contributed by atoms with E-state index in [2.05, 4.69) is 20.8 Å². The summed E-state index contributed by atoms with van der Waals surface area (Å²) in [5, 5.41) is 0. The van der Waals surface area contributed by atoms with E-state index in [4.69, 9.17) is 9.47 Å². The summed E-state index contributed by atoms with van der Waals surface area (Å²) in [4.78, 5) is 0. The van der Waals surface area contributed by atoms with E-state index >= 15 is 0 Å². The molecule has 0 N–H and O–H groups in total. The number of para-hydroxylation sites is 1. The number of rotatable bonds is 7. The molecule has 0 bridgehead atoms. The highest BCUT2D eigenvalue weighted by molar-refractivity contribution is 7.92. The molecule has 5 nitrogen and oxygen atoms in total. The Morgan fingerprint density at radius 2 is 1.81 bits per heavy atom. The van der Waals surface area contributed by atoms with E-state index in [9.17, 15) is 8.42 Å². The van der Waals surface area contributed by atoms with Crippen molar-refractivity contribution >= 4 is 15.7 Å². The molecule has 1 aliphatic heterocycles. The first-order valence-electron chi connectivity index (χ1n) is 9.06. The molecule has 1 unspecified atom stereocenters. The lowest BCUT2D eigenvalue weighted by molar-refractivity contribution is 0.258. The SMILES string of the molecule is CN(c1ccccc1)S(=O)(=O)Cc1ccc(C(C)(C)C)c(OCC2CO2)c1. The van der Waals surface area contributed by atoms with Gasteiger partial charge in [0.25, 0.3) is 0 Å². The average molecular weight is 390 g/mol. The summed E-state index contributed by atoms with van der Waals surface area (Å²) in [6.45, 7) is 7.55. The van der Waals surface area contributed by atoms with Crippen LogP contribution in [-0.2, 0) is 25.9 Å².